The first kappa shape index (κ1) is 45.9. The number of likely N-dealkylation sites (N-methyl/N-ethyl adjacent to an activating group) is 2. The lowest BCUT2D eigenvalue weighted by Crippen LogP contribution is -2.53. The van der Waals surface area contributed by atoms with Gasteiger partial charge in [0.2, 0.25) is 0 Å². The van der Waals surface area contributed by atoms with Crippen LogP contribution in [0.2, 0.25) is 0 Å². The van der Waals surface area contributed by atoms with E-state index in [0.717, 1.165) is 0 Å². The molecule has 2 amide bonds. The maximum atomic E-state index is 12.2. The van der Waals surface area contributed by atoms with Crippen LogP contribution >= 0.6 is 0 Å². The van der Waals surface area contributed by atoms with Crippen molar-refractivity contribution in [2.75, 3.05) is 63.0 Å². The first-order chi connectivity index (χ1) is 37.0. The number of piperidine rings is 2. The summed E-state index contributed by atoms with van der Waals surface area (Å²) in [5.41, 5.74) is -4.69. The third-order valence-corrected chi connectivity index (χ3v) is 11.2. The summed E-state index contributed by atoms with van der Waals surface area (Å²) in [6.07, 6.45) is -0.651. The SMILES string of the molecule is O=C(O)CC(O)(CC(=O)O)C(=O)O.O=C(O)CC(O)(CC(=O)O)C(=O)O.[2H]c1nc(N([C@H]2CN(C(=O)C[N+]#[C-])CC[C@H]2C)C([2H])([2H])[2H])c2cc[nH]c2n1.[2H]c1nc(N([C@H]2CN(C(=O)C[N+]#[C-])CC[C@H]2C)C([2H])([2H])[2H])c2cc[nH]c2n1. The summed E-state index contributed by atoms with van der Waals surface area (Å²) in [7, 11) is 0. The molecule has 0 saturated carbocycles. The quantitative estimate of drug-likeness (QED) is 0.0687. The van der Waals surface area contributed by atoms with E-state index in [0.29, 0.717) is 48.0 Å². The van der Waals surface area contributed by atoms with Crippen molar-refractivity contribution in [3.8, 4) is 0 Å². The van der Waals surface area contributed by atoms with Crippen molar-refractivity contribution < 1.29 is 90.2 Å². The summed E-state index contributed by atoms with van der Waals surface area (Å²) < 4.78 is 64.2. The lowest BCUT2D eigenvalue weighted by atomic mass is 9.92. The van der Waals surface area contributed by atoms with Crippen LogP contribution in [0.4, 0.5) is 11.6 Å². The Balaban J connectivity index is 0.000000298. The van der Waals surface area contributed by atoms with Crippen LogP contribution in [0.5, 0.6) is 0 Å². The average molecular weight is 1020 g/mol. The van der Waals surface area contributed by atoms with Gasteiger partial charge in [-0.25, -0.2) is 42.7 Å². The number of anilines is 2. The van der Waals surface area contributed by atoms with Crippen LogP contribution in [0, 0.1) is 25.0 Å². The van der Waals surface area contributed by atoms with Gasteiger partial charge in [-0.05, 0) is 36.8 Å². The summed E-state index contributed by atoms with van der Waals surface area (Å²) in [6.45, 7) is 13.5. The number of aliphatic carboxylic acids is 6. The number of nitrogens with zero attached hydrogens (tertiary/aromatic N) is 10. The molecule has 4 aromatic heterocycles. The second-order valence-corrected chi connectivity index (χ2v) is 16.4. The van der Waals surface area contributed by atoms with Crippen LogP contribution in [-0.4, -0.2) is 205 Å². The molecule has 2 aliphatic heterocycles. The zero-order valence-electron chi connectivity index (χ0n) is 46.4. The van der Waals surface area contributed by atoms with Crippen LogP contribution in [-0.2, 0) is 38.4 Å². The number of aliphatic hydroxyl groups is 2. The fourth-order valence-electron chi connectivity index (χ4n) is 7.30. The zero-order chi connectivity index (χ0) is 60.8. The van der Waals surface area contributed by atoms with Crippen LogP contribution in [0.15, 0.2) is 37.1 Å². The molecule has 0 bridgehead atoms. The molecule has 2 aliphatic rings. The number of fused-ring (bicyclic) bond motifs is 2. The number of carboxylic acid groups (broad SMARTS) is 6. The Labute approximate surface area is 421 Å². The van der Waals surface area contributed by atoms with E-state index >= 15 is 0 Å². The van der Waals surface area contributed by atoms with Crippen LogP contribution in [0.3, 0.4) is 0 Å². The van der Waals surface area contributed by atoms with Crippen molar-refractivity contribution in [1.82, 2.24) is 39.7 Å². The zero-order valence-corrected chi connectivity index (χ0v) is 38.4. The summed E-state index contributed by atoms with van der Waals surface area (Å²) >= 11 is 0. The van der Waals surface area contributed by atoms with Gasteiger partial charge in [0.05, 0.1) is 48.5 Å². The fraction of sp³-hybridized carbons (Fsp3) is 0.500. The van der Waals surface area contributed by atoms with Gasteiger partial charge in [0.15, 0.2) is 11.2 Å². The van der Waals surface area contributed by atoms with Gasteiger partial charge < -0.3 is 80.1 Å². The molecule has 0 spiro atoms. The Morgan fingerprint density at radius 2 is 0.986 bits per heavy atom. The minimum atomic E-state index is -2.74. The molecule has 6 heterocycles. The van der Waals surface area contributed by atoms with E-state index in [1.165, 1.54) is 9.80 Å². The molecular formula is C44H56N12O16. The van der Waals surface area contributed by atoms with Gasteiger partial charge in [-0.2, -0.15) is 0 Å². The Bertz CT molecular complexity index is 2790. The van der Waals surface area contributed by atoms with Crippen molar-refractivity contribution in [3.05, 3.63) is 60.0 Å². The van der Waals surface area contributed by atoms with Crippen LogP contribution in [0.1, 0.15) is 63.3 Å². The Morgan fingerprint density at radius 3 is 1.26 bits per heavy atom. The van der Waals surface area contributed by atoms with Gasteiger partial charge in [-0.15, -0.1) is 0 Å². The van der Waals surface area contributed by atoms with Gasteiger partial charge in [0.1, 0.15) is 38.3 Å². The number of hydrogen-bond acceptors (Lipinski definition) is 16. The van der Waals surface area contributed by atoms with Crippen molar-refractivity contribution >= 4 is 81.3 Å². The maximum absolute atomic E-state index is 12.2. The summed E-state index contributed by atoms with van der Waals surface area (Å²) in [6, 6.07) is 2.32. The lowest BCUT2D eigenvalue weighted by Gasteiger charge is -2.41. The largest absolute Gasteiger partial charge is 0.481 e. The molecule has 4 aromatic rings. The second-order valence-electron chi connectivity index (χ2n) is 16.4. The van der Waals surface area contributed by atoms with E-state index in [1.54, 1.807) is 34.3 Å². The van der Waals surface area contributed by atoms with Gasteiger partial charge in [0, 0.05) is 60.7 Å². The lowest BCUT2D eigenvalue weighted by molar-refractivity contribution is -0.170. The summed E-state index contributed by atoms with van der Waals surface area (Å²) in [5.74, 6) is -10.4. The molecule has 72 heavy (non-hydrogen) atoms. The highest BCUT2D eigenvalue weighted by Gasteiger charge is 2.42. The van der Waals surface area contributed by atoms with Crippen molar-refractivity contribution in [3.63, 3.8) is 0 Å². The van der Waals surface area contributed by atoms with Gasteiger partial charge in [-0.3, -0.25) is 28.8 Å². The predicted octanol–water partition coefficient (Wildman–Crippen LogP) is 0.604. The predicted molar refractivity (Wildman–Crippen MR) is 250 cm³/mol. The molecule has 0 aromatic carbocycles. The van der Waals surface area contributed by atoms with E-state index in [9.17, 15) is 38.4 Å². The minimum Gasteiger partial charge on any atom is -0.481 e. The first-order valence-corrected chi connectivity index (χ1v) is 21.2. The molecule has 6 rings (SSSR count). The van der Waals surface area contributed by atoms with Gasteiger partial charge >= 0.3 is 47.6 Å². The minimum absolute atomic E-state index is 0.0134. The number of hydrogen-bond donors (Lipinski definition) is 10. The van der Waals surface area contributed by atoms with E-state index in [4.69, 9.17) is 65.0 Å². The average Bonchev–Trinajstić information content (AvgIpc) is 3.99. The van der Waals surface area contributed by atoms with Gasteiger partial charge in [-0.1, -0.05) is 13.8 Å². The number of nitrogens with one attached hydrogen (secondary N) is 2. The third kappa shape index (κ3) is 15.8. The standard InChI is InChI=1S/2C16H20N6O.2C6H8O7/c2*1-11-5-7-22(14(23)8-17-2)9-13(11)21(3)16-12-4-6-18-15(12)19-10-20-16;2*7-3(8)1-6(13,5(11)12)2-4(9)10/h2*4,6,10-11,13H,5,7-9H2,1,3H3,(H,18,19,20);2*13H,1-2H2,(H,7,8)(H,9,10)(H,11,12)/t2*11-,13+;;/m11../s1/i2*3D3,10D;;. The number of likely N-dealkylation sites (tertiary alicyclic amines) is 2. The highest BCUT2D eigenvalue weighted by atomic mass is 16.4. The van der Waals surface area contributed by atoms with Crippen molar-refractivity contribution in [2.24, 2.45) is 11.8 Å². The monoisotopic (exact) mass is 1020 g/mol. The van der Waals surface area contributed by atoms with E-state index < -0.39 is 98.7 Å². The molecule has 28 heteroatoms. The van der Waals surface area contributed by atoms with Crippen molar-refractivity contribution in [2.45, 2.75) is 75.7 Å². The summed E-state index contributed by atoms with van der Waals surface area (Å²) in [4.78, 5) is 119. The fourth-order valence-corrected chi connectivity index (χ4v) is 7.30. The molecule has 10 N–H and O–H groups in total. The number of carbonyl (C=O) groups is 8. The molecular weight excluding hydrogens is 953 g/mol. The van der Waals surface area contributed by atoms with E-state index in [2.05, 4.69) is 39.6 Å². The number of carbonyl (C=O) groups excluding carboxylic acids is 2. The van der Waals surface area contributed by atoms with Crippen molar-refractivity contribution in [1.29, 1.82) is 0 Å². The highest BCUT2D eigenvalue weighted by Crippen LogP contribution is 2.30. The molecule has 0 radical (unpaired) electrons. The number of rotatable bonds is 16. The molecule has 0 aliphatic carbocycles. The smallest absolute Gasteiger partial charge is 0.336 e. The number of amides is 2. The topological polar surface area (TPSA) is 403 Å². The Hall–Kier alpha value is -8.50. The number of aromatic nitrogens is 6. The highest BCUT2D eigenvalue weighted by molar-refractivity contribution is 5.90. The Morgan fingerprint density at radius 1 is 0.653 bits per heavy atom. The molecule has 4 atom stereocenters. The number of carboxylic acids is 6. The molecule has 0 unspecified atom stereocenters. The maximum Gasteiger partial charge on any atom is 0.336 e. The van der Waals surface area contributed by atoms with E-state index in [-0.39, 0.29) is 74.1 Å². The summed E-state index contributed by atoms with van der Waals surface area (Å²) in [5, 5.41) is 68.6. The normalized spacial score (nSPS) is 19.4. The second kappa shape index (κ2) is 25.9. The number of H-pyrrole nitrogens is 2. The van der Waals surface area contributed by atoms with E-state index in [1.807, 2.05) is 13.8 Å². The molecule has 28 nitrogen and oxygen atoms in total. The molecule has 2 fully saturated rings. The third-order valence-electron chi connectivity index (χ3n) is 11.2. The number of aromatic amines is 2. The molecule has 2 saturated heterocycles. The Kier molecular flexibility index (Phi) is 16.5. The van der Waals surface area contributed by atoms with Crippen LogP contribution < -0.4 is 9.80 Å². The first-order valence-electron chi connectivity index (χ1n) is 25.2. The van der Waals surface area contributed by atoms with Crippen LogP contribution in [0.25, 0.3) is 31.8 Å². The van der Waals surface area contributed by atoms with Gasteiger partial charge in [0.25, 0.3) is 13.1 Å². The molecule has 388 valence electrons.